The molecule has 1 fully saturated rings. The number of nitrogens with zero attached hydrogens (tertiary/aromatic N) is 3. The molecule has 1 N–H and O–H groups in total. The molecule has 29 heavy (non-hydrogen) atoms. The lowest BCUT2D eigenvalue weighted by Gasteiger charge is -2.10. The number of aryl methyl sites for hydroxylation is 3. The molecule has 3 rings (SSSR count). The predicted octanol–water partition coefficient (Wildman–Crippen LogP) is 4.77. The van der Waals surface area contributed by atoms with Crippen molar-refractivity contribution >= 4 is 12.0 Å². The molecular weight excluding hydrogens is 364 g/mol. The first-order chi connectivity index (χ1) is 14.0. The Balaban J connectivity index is 0.000000234. The van der Waals surface area contributed by atoms with Crippen molar-refractivity contribution in [2.24, 2.45) is 5.92 Å². The average Bonchev–Trinajstić information content (AvgIpc) is 3.51. The van der Waals surface area contributed by atoms with Gasteiger partial charge in [-0.1, -0.05) is 26.3 Å². The maximum atomic E-state index is 10.5. The number of ether oxygens (including phenoxy) is 1. The topological polar surface area (TPSA) is 69.0 Å². The van der Waals surface area contributed by atoms with E-state index < -0.39 is 0 Å². The number of nitrogens with one attached hydrogen (secondary N) is 1. The number of anilines is 1. The Bertz CT molecular complexity index is 768. The number of methoxy groups -OCH3 is 1. The van der Waals surface area contributed by atoms with Crippen LogP contribution in [0, 0.1) is 12.8 Å². The van der Waals surface area contributed by atoms with Crippen LogP contribution in [0.15, 0.2) is 18.2 Å². The monoisotopic (exact) mass is 400 g/mol. The third kappa shape index (κ3) is 6.87. The van der Waals surface area contributed by atoms with E-state index in [1.807, 2.05) is 25.2 Å². The summed E-state index contributed by atoms with van der Waals surface area (Å²) in [6.45, 7) is 6.57. The highest BCUT2D eigenvalue weighted by Crippen LogP contribution is 2.37. The summed E-state index contributed by atoms with van der Waals surface area (Å²) in [4.78, 5) is 10.5. The molecule has 1 heterocycles. The zero-order valence-corrected chi connectivity index (χ0v) is 18.6. The molecule has 0 aliphatic heterocycles. The number of rotatable bonds is 10. The van der Waals surface area contributed by atoms with Gasteiger partial charge in [0.2, 0.25) is 0 Å². The first-order valence-electron chi connectivity index (χ1n) is 10.7. The van der Waals surface area contributed by atoms with Gasteiger partial charge in [0.15, 0.2) is 0 Å². The van der Waals surface area contributed by atoms with Crippen molar-refractivity contribution in [2.45, 2.75) is 71.8 Å². The van der Waals surface area contributed by atoms with Crippen LogP contribution in [0.1, 0.15) is 69.2 Å². The van der Waals surface area contributed by atoms with Crippen LogP contribution < -0.4 is 10.1 Å². The molecule has 0 spiro atoms. The molecule has 1 aromatic heterocycles. The lowest BCUT2D eigenvalue weighted by atomic mass is 10.0. The van der Waals surface area contributed by atoms with E-state index in [1.54, 1.807) is 7.11 Å². The molecular formula is C23H36N4O2. The van der Waals surface area contributed by atoms with E-state index in [0.717, 1.165) is 48.1 Å². The summed E-state index contributed by atoms with van der Waals surface area (Å²) in [7, 11) is 3.58. The molecule has 1 atom stereocenters. The summed E-state index contributed by atoms with van der Waals surface area (Å²) < 4.78 is 7.37. The van der Waals surface area contributed by atoms with Crippen LogP contribution in [0.4, 0.5) is 5.69 Å². The summed E-state index contributed by atoms with van der Waals surface area (Å²) in [6, 6.07) is 6.57. The Morgan fingerprint density at radius 2 is 1.97 bits per heavy atom. The number of aldehydes is 1. The highest BCUT2D eigenvalue weighted by Gasteiger charge is 2.29. The van der Waals surface area contributed by atoms with Gasteiger partial charge in [-0.3, -0.25) is 0 Å². The summed E-state index contributed by atoms with van der Waals surface area (Å²) in [5.41, 5.74) is 2.35. The largest absolute Gasteiger partial charge is 0.497 e. The minimum Gasteiger partial charge on any atom is -0.497 e. The fraction of sp³-hybridized carbons (Fsp3) is 0.609. The number of carbonyl (C=O) groups excluding carboxylic acids is 1. The van der Waals surface area contributed by atoms with Crippen molar-refractivity contribution in [3.63, 3.8) is 0 Å². The van der Waals surface area contributed by atoms with Gasteiger partial charge >= 0.3 is 0 Å². The normalized spacial score (nSPS) is 14.0. The van der Waals surface area contributed by atoms with Crippen molar-refractivity contribution in [2.75, 3.05) is 19.5 Å². The third-order valence-electron chi connectivity index (χ3n) is 5.51. The van der Waals surface area contributed by atoms with Gasteiger partial charge in [-0.05, 0) is 43.7 Å². The lowest BCUT2D eigenvalue weighted by molar-refractivity contribution is -0.107. The summed E-state index contributed by atoms with van der Waals surface area (Å²) in [6.07, 6.45) is 8.13. The number of carbonyl (C=O) groups is 1. The molecule has 2 aromatic rings. The number of hydrogen-bond acceptors (Lipinski definition) is 5. The van der Waals surface area contributed by atoms with Gasteiger partial charge < -0.3 is 19.4 Å². The van der Waals surface area contributed by atoms with Crippen LogP contribution in [0.3, 0.4) is 0 Å². The van der Waals surface area contributed by atoms with E-state index in [2.05, 4.69) is 40.9 Å². The highest BCUT2D eigenvalue weighted by molar-refractivity contribution is 5.54. The molecule has 0 saturated heterocycles. The van der Waals surface area contributed by atoms with Gasteiger partial charge in [0.1, 0.15) is 23.7 Å². The zero-order valence-electron chi connectivity index (χ0n) is 18.6. The van der Waals surface area contributed by atoms with Crippen molar-refractivity contribution in [3.05, 3.63) is 35.4 Å². The molecule has 0 radical (unpaired) electrons. The van der Waals surface area contributed by atoms with E-state index in [9.17, 15) is 4.79 Å². The van der Waals surface area contributed by atoms with Gasteiger partial charge in [0.05, 0.1) is 7.11 Å². The maximum Gasteiger partial charge on any atom is 0.133 e. The van der Waals surface area contributed by atoms with Crippen molar-refractivity contribution in [1.29, 1.82) is 0 Å². The minimum absolute atomic E-state index is 0.552. The molecule has 160 valence electrons. The molecule has 1 saturated carbocycles. The smallest absolute Gasteiger partial charge is 0.133 e. The quantitative estimate of drug-likeness (QED) is 0.582. The second-order valence-corrected chi connectivity index (χ2v) is 7.82. The van der Waals surface area contributed by atoms with E-state index in [4.69, 9.17) is 4.74 Å². The molecule has 6 heteroatoms. The Morgan fingerprint density at radius 1 is 1.28 bits per heavy atom. The van der Waals surface area contributed by atoms with E-state index in [1.165, 1.54) is 31.2 Å². The van der Waals surface area contributed by atoms with Crippen molar-refractivity contribution in [1.82, 2.24) is 14.8 Å². The average molecular weight is 401 g/mol. The molecule has 1 unspecified atom stereocenters. The Morgan fingerprint density at radius 3 is 2.52 bits per heavy atom. The van der Waals surface area contributed by atoms with Crippen LogP contribution >= 0.6 is 0 Å². The Labute approximate surface area is 175 Å². The third-order valence-corrected chi connectivity index (χ3v) is 5.51. The van der Waals surface area contributed by atoms with Gasteiger partial charge in [-0.25, -0.2) is 0 Å². The van der Waals surface area contributed by atoms with Crippen molar-refractivity contribution < 1.29 is 9.53 Å². The summed E-state index contributed by atoms with van der Waals surface area (Å²) >= 11 is 0. The lowest BCUT2D eigenvalue weighted by Crippen LogP contribution is -2.08. The van der Waals surface area contributed by atoms with Gasteiger partial charge in [0, 0.05) is 44.1 Å². The fourth-order valence-electron chi connectivity index (χ4n) is 3.22. The minimum atomic E-state index is 0.552. The molecule has 1 aliphatic rings. The SMILES string of the molecule is CCC(C)CCc1nnc(CCC=O)n1C1CC1.CNc1cc(OC)ccc1C. The van der Waals surface area contributed by atoms with E-state index in [0.29, 0.717) is 12.5 Å². The van der Waals surface area contributed by atoms with Crippen LogP contribution in [0.5, 0.6) is 5.75 Å². The van der Waals surface area contributed by atoms with E-state index in [-0.39, 0.29) is 0 Å². The second-order valence-electron chi connectivity index (χ2n) is 7.82. The second kappa shape index (κ2) is 11.6. The van der Waals surface area contributed by atoms with Crippen LogP contribution in [0.2, 0.25) is 0 Å². The number of benzene rings is 1. The van der Waals surface area contributed by atoms with Crippen LogP contribution in [-0.2, 0) is 17.6 Å². The first kappa shape index (κ1) is 22.9. The predicted molar refractivity (Wildman–Crippen MR) is 118 cm³/mol. The standard InChI is InChI=1S/C14H23N3O.C9H13NO/c1-3-11(2)6-9-14-16-15-13(5-4-10-18)17(14)12-7-8-12;1-7-4-5-8(11-3)6-9(7)10-2/h10-12H,3-9H2,1-2H3;4-6,10H,1-3H3. The highest BCUT2D eigenvalue weighted by atomic mass is 16.5. The Kier molecular flexibility index (Phi) is 9.16. The molecule has 1 aromatic carbocycles. The summed E-state index contributed by atoms with van der Waals surface area (Å²) in [5.74, 6) is 3.76. The zero-order chi connectivity index (χ0) is 21.2. The van der Waals surface area contributed by atoms with Crippen LogP contribution in [0.25, 0.3) is 0 Å². The molecule has 0 bridgehead atoms. The van der Waals surface area contributed by atoms with Crippen LogP contribution in [-0.4, -0.2) is 35.2 Å². The van der Waals surface area contributed by atoms with Gasteiger partial charge in [0.25, 0.3) is 0 Å². The number of aromatic nitrogens is 3. The first-order valence-corrected chi connectivity index (χ1v) is 10.7. The van der Waals surface area contributed by atoms with Gasteiger partial charge in [-0.15, -0.1) is 10.2 Å². The molecule has 1 aliphatic carbocycles. The van der Waals surface area contributed by atoms with Crippen molar-refractivity contribution in [3.8, 4) is 5.75 Å². The Hall–Kier alpha value is -2.37. The molecule has 6 nitrogen and oxygen atoms in total. The fourth-order valence-corrected chi connectivity index (χ4v) is 3.22. The summed E-state index contributed by atoms with van der Waals surface area (Å²) in [5, 5.41) is 11.7. The van der Waals surface area contributed by atoms with Gasteiger partial charge in [-0.2, -0.15) is 0 Å². The number of hydrogen-bond donors (Lipinski definition) is 1. The molecule has 0 amide bonds. The maximum absolute atomic E-state index is 10.5. The van der Waals surface area contributed by atoms with E-state index >= 15 is 0 Å².